The number of aliphatic carboxylic acids is 1. The van der Waals surface area contributed by atoms with Gasteiger partial charge >= 0.3 is 5.97 Å². The summed E-state index contributed by atoms with van der Waals surface area (Å²) in [6, 6.07) is 1.62. The summed E-state index contributed by atoms with van der Waals surface area (Å²) >= 11 is 0. The number of nitrogens with one attached hydrogen (secondary N) is 1. The van der Waals surface area contributed by atoms with E-state index in [1.807, 2.05) is 0 Å². The van der Waals surface area contributed by atoms with Crippen molar-refractivity contribution in [3.05, 3.63) is 17.5 Å². The Morgan fingerprint density at radius 3 is 2.92 bits per heavy atom. The fraction of sp³-hybridized carbons (Fsp3) is 0.429. The Morgan fingerprint density at radius 1 is 1.83 bits per heavy atom. The van der Waals surface area contributed by atoms with Gasteiger partial charge in [0.2, 0.25) is 0 Å². The van der Waals surface area contributed by atoms with Crippen LogP contribution in [0.15, 0.2) is 6.07 Å². The van der Waals surface area contributed by atoms with Crippen molar-refractivity contribution < 1.29 is 15.0 Å². The van der Waals surface area contributed by atoms with Gasteiger partial charge in [0.1, 0.15) is 6.10 Å². The maximum atomic E-state index is 10.2. The summed E-state index contributed by atoms with van der Waals surface area (Å²) in [6.45, 7) is 1.78. The molecule has 0 saturated carbocycles. The predicted molar refractivity (Wildman–Crippen MR) is 40.5 cm³/mol. The number of hydrogen-bond acceptors (Lipinski definition) is 3. The standard InChI is InChI=1S/C7H10N2O3/c1-4-2-5(9-8-4)6(10)3-7(11)12/h2,6,10H,3H2,1H3,(H,8,9)(H,11,12)/t6-/m1/s1. The molecule has 0 unspecified atom stereocenters. The summed E-state index contributed by atoms with van der Waals surface area (Å²) in [5, 5.41) is 23.9. The number of aliphatic hydroxyl groups is 1. The summed E-state index contributed by atoms with van der Waals surface area (Å²) in [6.07, 6.45) is -1.34. The van der Waals surface area contributed by atoms with Crippen molar-refractivity contribution >= 4 is 5.97 Å². The van der Waals surface area contributed by atoms with Crippen molar-refractivity contribution in [3.8, 4) is 0 Å². The van der Waals surface area contributed by atoms with E-state index >= 15 is 0 Å². The molecule has 66 valence electrons. The highest BCUT2D eigenvalue weighted by molar-refractivity contribution is 5.67. The van der Waals surface area contributed by atoms with Gasteiger partial charge in [0, 0.05) is 5.69 Å². The molecule has 0 saturated heterocycles. The van der Waals surface area contributed by atoms with Crippen molar-refractivity contribution in [1.29, 1.82) is 0 Å². The van der Waals surface area contributed by atoms with Crippen LogP contribution in [0.2, 0.25) is 0 Å². The summed E-state index contributed by atoms with van der Waals surface area (Å²) in [5.74, 6) is -1.04. The van der Waals surface area contributed by atoms with Crippen LogP contribution in [0.25, 0.3) is 0 Å². The van der Waals surface area contributed by atoms with E-state index in [2.05, 4.69) is 10.2 Å². The number of rotatable bonds is 3. The van der Waals surface area contributed by atoms with Crippen LogP contribution in [0.5, 0.6) is 0 Å². The maximum Gasteiger partial charge on any atom is 0.306 e. The highest BCUT2D eigenvalue weighted by Gasteiger charge is 2.14. The predicted octanol–water partition coefficient (Wildman–Crippen LogP) is 0.226. The number of nitrogens with zero attached hydrogens (tertiary/aromatic N) is 1. The molecule has 0 aliphatic heterocycles. The van der Waals surface area contributed by atoms with Crippen LogP contribution < -0.4 is 0 Å². The van der Waals surface area contributed by atoms with Crippen LogP contribution in [0, 0.1) is 6.92 Å². The number of aromatic amines is 1. The van der Waals surface area contributed by atoms with Crippen LogP contribution in [0.4, 0.5) is 0 Å². The van der Waals surface area contributed by atoms with Gasteiger partial charge in [0.15, 0.2) is 0 Å². The second-order valence-corrected chi connectivity index (χ2v) is 2.59. The zero-order chi connectivity index (χ0) is 9.14. The third-order valence-corrected chi connectivity index (χ3v) is 1.44. The van der Waals surface area contributed by atoms with Crippen LogP contribution in [0.1, 0.15) is 23.9 Å². The zero-order valence-corrected chi connectivity index (χ0v) is 6.61. The SMILES string of the molecule is Cc1cc([C@H](O)CC(=O)O)n[nH]1. The fourth-order valence-electron chi connectivity index (χ4n) is 0.880. The van der Waals surface area contributed by atoms with E-state index in [1.54, 1.807) is 13.0 Å². The molecule has 0 bridgehead atoms. The zero-order valence-electron chi connectivity index (χ0n) is 6.61. The van der Waals surface area contributed by atoms with Gasteiger partial charge in [-0.15, -0.1) is 0 Å². The molecule has 5 nitrogen and oxygen atoms in total. The molecule has 1 rings (SSSR count). The molecule has 1 atom stereocenters. The van der Waals surface area contributed by atoms with E-state index < -0.39 is 12.1 Å². The van der Waals surface area contributed by atoms with Gasteiger partial charge in [-0.2, -0.15) is 5.10 Å². The van der Waals surface area contributed by atoms with E-state index in [0.717, 1.165) is 5.69 Å². The van der Waals surface area contributed by atoms with Crippen LogP contribution in [-0.2, 0) is 4.79 Å². The molecule has 0 aliphatic rings. The molecule has 0 radical (unpaired) electrons. The number of aliphatic hydroxyl groups excluding tert-OH is 1. The van der Waals surface area contributed by atoms with E-state index in [4.69, 9.17) is 5.11 Å². The van der Waals surface area contributed by atoms with Crippen molar-refractivity contribution in [2.75, 3.05) is 0 Å². The largest absolute Gasteiger partial charge is 0.481 e. The average Bonchev–Trinajstić information content (AvgIpc) is 2.34. The highest BCUT2D eigenvalue weighted by atomic mass is 16.4. The lowest BCUT2D eigenvalue weighted by Gasteiger charge is -2.01. The second kappa shape index (κ2) is 3.36. The normalized spacial score (nSPS) is 12.8. The smallest absolute Gasteiger partial charge is 0.306 e. The summed E-state index contributed by atoms with van der Waals surface area (Å²) in [4.78, 5) is 10.2. The first-order valence-corrected chi connectivity index (χ1v) is 3.51. The number of aryl methyl sites for hydroxylation is 1. The minimum absolute atomic E-state index is 0.315. The molecule has 5 heteroatoms. The van der Waals surface area contributed by atoms with Crippen molar-refractivity contribution in [2.24, 2.45) is 0 Å². The van der Waals surface area contributed by atoms with Crippen molar-refractivity contribution in [3.63, 3.8) is 0 Å². The van der Waals surface area contributed by atoms with E-state index in [9.17, 15) is 9.90 Å². The summed E-state index contributed by atoms with van der Waals surface area (Å²) in [7, 11) is 0. The maximum absolute atomic E-state index is 10.2. The first-order chi connectivity index (χ1) is 5.59. The Kier molecular flexibility index (Phi) is 2.44. The number of hydrogen-bond donors (Lipinski definition) is 3. The number of carboxylic acids is 1. The molecule has 0 fully saturated rings. The average molecular weight is 170 g/mol. The molecule has 3 N–H and O–H groups in total. The Morgan fingerprint density at radius 2 is 2.50 bits per heavy atom. The van der Waals surface area contributed by atoms with Gasteiger partial charge in [0.25, 0.3) is 0 Å². The molecule has 0 aromatic carbocycles. The van der Waals surface area contributed by atoms with E-state index in [-0.39, 0.29) is 6.42 Å². The lowest BCUT2D eigenvalue weighted by Crippen LogP contribution is -2.05. The Hall–Kier alpha value is -1.36. The molecule has 1 aromatic rings. The minimum atomic E-state index is -1.04. The van der Waals surface area contributed by atoms with Gasteiger partial charge in [-0.05, 0) is 13.0 Å². The molecule has 0 aliphatic carbocycles. The van der Waals surface area contributed by atoms with Crippen LogP contribution >= 0.6 is 0 Å². The molecule has 0 spiro atoms. The molecular weight excluding hydrogens is 160 g/mol. The van der Waals surface area contributed by atoms with Gasteiger partial charge < -0.3 is 10.2 Å². The van der Waals surface area contributed by atoms with Crippen LogP contribution in [0.3, 0.4) is 0 Å². The van der Waals surface area contributed by atoms with Gasteiger partial charge in [0.05, 0.1) is 12.1 Å². The second-order valence-electron chi connectivity index (χ2n) is 2.59. The fourth-order valence-corrected chi connectivity index (χ4v) is 0.880. The third-order valence-electron chi connectivity index (χ3n) is 1.44. The lowest BCUT2D eigenvalue weighted by atomic mass is 10.2. The van der Waals surface area contributed by atoms with E-state index in [1.165, 1.54) is 0 Å². The first kappa shape index (κ1) is 8.73. The molecular formula is C7H10N2O3. The molecule has 1 aromatic heterocycles. The van der Waals surface area contributed by atoms with Crippen molar-refractivity contribution in [2.45, 2.75) is 19.4 Å². The quantitative estimate of drug-likeness (QED) is 0.605. The Labute approximate surface area is 69.0 Å². The topological polar surface area (TPSA) is 86.2 Å². The highest BCUT2D eigenvalue weighted by Crippen LogP contribution is 2.13. The number of H-pyrrole nitrogens is 1. The van der Waals surface area contributed by atoms with Gasteiger partial charge in [-0.25, -0.2) is 0 Å². The number of carboxylic acid groups (broad SMARTS) is 1. The Bertz CT molecular complexity index is 282. The number of carbonyl (C=O) groups is 1. The molecule has 0 amide bonds. The summed E-state index contributed by atoms with van der Waals surface area (Å²) < 4.78 is 0. The first-order valence-electron chi connectivity index (χ1n) is 3.51. The van der Waals surface area contributed by atoms with Crippen molar-refractivity contribution in [1.82, 2.24) is 10.2 Å². The minimum Gasteiger partial charge on any atom is -0.481 e. The van der Waals surface area contributed by atoms with E-state index in [0.29, 0.717) is 5.69 Å². The third kappa shape index (κ3) is 2.06. The lowest BCUT2D eigenvalue weighted by molar-refractivity contribution is -0.139. The van der Waals surface area contributed by atoms with Crippen LogP contribution in [-0.4, -0.2) is 26.4 Å². The monoisotopic (exact) mass is 170 g/mol. The number of aromatic nitrogens is 2. The molecule has 12 heavy (non-hydrogen) atoms. The Balaban J connectivity index is 2.64. The molecule has 1 heterocycles. The van der Waals surface area contributed by atoms with Gasteiger partial charge in [-0.3, -0.25) is 9.89 Å². The van der Waals surface area contributed by atoms with Gasteiger partial charge in [-0.1, -0.05) is 0 Å². The summed E-state index contributed by atoms with van der Waals surface area (Å²) in [5.41, 5.74) is 1.17.